The molecule has 0 radical (unpaired) electrons. The van der Waals surface area contributed by atoms with Crippen molar-refractivity contribution in [3.05, 3.63) is 34.2 Å². The molecule has 1 amide bonds. The number of nitrogens with one attached hydrogen (secondary N) is 2. The van der Waals surface area contributed by atoms with E-state index in [0.29, 0.717) is 12.5 Å². The summed E-state index contributed by atoms with van der Waals surface area (Å²) in [6.07, 6.45) is 5.03. The van der Waals surface area contributed by atoms with Crippen LogP contribution in [0.4, 0.5) is 0 Å². The van der Waals surface area contributed by atoms with E-state index in [2.05, 4.69) is 10.6 Å². The zero-order chi connectivity index (χ0) is 13.7. The first-order valence-corrected chi connectivity index (χ1v) is 6.83. The summed E-state index contributed by atoms with van der Waals surface area (Å²) < 4.78 is 1.42. The average molecular weight is 300 g/mol. The predicted molar refractivity (Wildman–Crippen MR) is 81.5 cm³/mol. The van der Waals surface area contributed by atoms with Crippen molar-refractivity contribution >= 4 is 18.3 Å². The molecule has 2 N–H and O–H groups in total. The lowest BCUT2D eigenvalue weighted by Crippen LogP contribution is -2.35. The van der Waals surface area contributed by atoms with Gasteiger partial charge in [0.05, 0.1) is 0 Å². The van der Waals surface area contributed by atoms with E-state index in [-0.39, 0.29) is 29.4 Å². The number of nitrogens with zero attached hydrogens (tertiary/aromatic N) is 1. The lowest BCUT2D eigenvalue weighted by molar-refractivity contribution is 0.0948. The summed E-state index contributed by atoms with van der Waals surface area (Å²) in [5, 5.41) is 6.19. The Hall–Kier alpha value is -1.33. The van der Waals surface area contributed by atoms with Gasteiger partial charge in [0, 0.05) is 19.8 Å². The van der Waals surface area contributed by atoms with E-state index in [1.165, 1.54) is 17.4 Å². The second-order valence-electron chi connectivity index (χ2n) is 5.09. The second kappa shape index (κ2) is 8.07. The van der Waals surface area contributed by atoms with Crippen LogP contribution in [0, 0.1) is 5.92 Å². The molecule has 2 heterocycles. The number of rotatable bonds is 4. The number of halogens is 1. The van der Waals surface area contributed by atoms with Crippen LogP contribution in [0.3, 0.4) is 0 Å². The van der Waals surface area contributed by atoms with Gasteiger partial charge in [0.25, 0.3) is 11.5 Å². The van der Waals surface area contributed by atoms with Gasteiger partial charge in [-0.05, 0) is 50.4 Å². The number of carbonyl (C=O) groups excluding carboxylic acids is 1. The van der Waals surface area contributed by atoms with Crippen LogP contribution in [0.15, 0.2) is 23.1 Å². The van der Waals surface area contributed by atoms with Crippen molar-refractivity contribution in [1.82, 2.24) is 15.2 Å². The lowest BCUT2D eigenvalue weighted by atomic mass is 9.96. The average Bonchev–Trinajstić information content (AvgIpc) is 2.43. The van der Waals surface area contributed by atoms with Gasteiger partial charge in [-0.1, -0.05) is 0 Å². The van der Waals surface area contributed by atoms with Crippen molar-refractivity contribution in [2.75, 3.05) is 19.6 Å². The molecule has 1 unspecified atom stereocenters. The first kappa shape index (κ1) is 16.7. The number of hydrogen-bond donors (Lipinski definition) is 2. The first-order chi connectivity index (χ1) is 9.18. The maximum atomic E-state index is 11.9. The Morgan fingerprint density at radius 3 is 3.05 bits per heavy atom. The highest BCUT2D eigenvalue weighted by Crippen LogP contribution is 2.12. The van der Waals surface area contributed by atoms with Crippen LogP contribution in [0.5, 0.6) is 0 Å². The van der Waals surface area contributed by atoms with Crippen molar-refractivity contribution < 1.29 is 4.79 Å². The van der Waals surface area contributed by atoms with Crippen LogP contribution in [0.1, 0.15) is 29.6 Å². The number of amides is 1. The van der Waals surface area contributed by atoms with E-state index in [9.17, 15) is 9.59 Å². The Balaban J connectivity index is 0.00000200. The predicted octanol–water partition coefficient (Wildman–Crippen LogP) is 0.927. The van der Waals surface area contributed by atoms with Gasteiger partial charge in [-0.2, -0.15) is 0 Å². The largest absolute Gasteiger partial charge is 0.352 e. The van der Waals surface area contributed by atoms with E-state index in [1.807, 2.05) is 0 Å². The first-order valence-electron chi connectivity index (χ1n) is 6.83. The Morgan fingerprint density at radius 1 is 1.55 bits per heavy atom. The molecular weight excluding hydrogens is 278 g/mol. The second-order valence-corrected chi connectivity index (χ2v) is 5.09. The van der Waals surface area contributed by atoms with Gasteiger partial charge in [-0.15, -0.1) is 12.4 Å². The fourth-order valence-corrected chi connectivity index (χ4v) is 2.43. The summed E-state index contributed by atoms with van der Waals surface area (Å²) in [5.41, 5.74) is -0.0360. The molecule has 1 atom stereocenters. The van der Waals surface area contributed by atoms with Crippen LogP contribution in [-0.4, -0.2) is 30.1 Å². The van der Waals surface area contributed by atoms with Gasteiger partial charge in [0.15, 0.2) is 0 Å². The third kappa shape index (κ3) is 4.35. The Kier molecular flexibility index (Phi) is 6.75. The SMILES string of the molecule is Cl.Cn1cccc(C(=O)NCCC2CCCNC2)c1=O. The number of hydrogen-bond acceptors (Lipinski definition) is 3. The lowest BCUT2D eigenvalue weighted by Gasteiger charge is -2.22. The molecule has 112 valence electrons. The van der Waals surface area contributed by atoms with Gasteiger partial charge in [0.2, 0.25) is 0 Å². The van der Waals surface area contributed by atoms with Crippen LogP contribution in [0.2, 0.25) is 0 Å². The summed E-state index contributed by atoms with van der Waals surface area (Å²) >= 11 is 0. The molecule has 0 aromatic carbocycles. The van der Waals surface area contributed by atoms with Crippen LogP contribution in [0.25, 0.3) is 0 Å². The minimum Gasteiger partial charge on any atom is -0.352 e. The molecule has 1 aromatic rings. The van der Waals surface area contributed by atoms with E-state index in [1.54, 1.807) is 25.4 Å². The molecule has 1 fully saturated rings. The van der Waals surface area contributed by atoms with Crippen molar-refractivity contribution in [1.29, 1.82) is 0 Å². The topological polar surface area (TPSA) is 63.1 Å². The molecule has 1 aliphatic rings. The number of carbonyl (C=O) groups is 1. The minimum absolute atomic E-state index is 0. The Morgan fingerprint density at radius 2 is 2.35 bits per heavy atom. The fraction of sp³-hybridized carbons (Fsp3) is 0.571. The molecule has 0 spiro atoms. The van der Waals surface area contributed by atoms with Crippen molar-refractivity contribution in [2.45, 2.75) is 19.3 Å². The van der Waals surface area contributed by atoms with Crippen molar-refractivity contribution in [2.24, 2.45) is 13.0 Å². The molecule has 6 heteroatoms. The number of pyridine rings is 1. The molecule has 5 nitrogen and oxygen atoms in total. The molecular formula is C14H22ClN3O2. The number of aryl methyl sites for hydroxylation is 1. The monoisotopic (exact) mass is 299 g/mol. The van der Waals surface area contributed by atoms with Gasteiger partial charge >= 0.3 is 0 Å². The van der Waals surface area contributed by atoms with Crippen LogP contribution in [-0.2, 0) is 7.05 Å². The number of aromatic nitrogens is 1. The van der Waals surface area contributed by atoms with E-state index in [4.69, 9.17) is 0 Å². The highest BCUT2D eigenvalue weighted by Gasteiger charge is 2.14. The molecule has 0 bridgehead atoms. The molecule has 0 saturated carbocycles. The zero-order valence-electron chi connectivity index (χ0n) is 11.7. The summed E-state index contributed by atoms with van der Waals surface area (Å²) in [6, 6.07) is 3.28. The highest BCUT2D eigenvalue weighted by atomic mass is 35.5. The van der Waals surface area contributed by atoms with Gasteiger partial charge in [-0.3, -0.25) is 9.59 Å². The van der Waals surface area contributed by atoms with Crippen LogP contribution < -0.4 is 16.2 Å². The minimum atomic E-state index is -0.273. The van der Waals surface area contributed by atoms with E-state index < -0.39 is 0 Å². The molecule has 20 heavy (non-hydrogen) atoms. The van der Waals surface area contributed by atoms with Crippen LogP contribution >= 0.6 is 12.4 Å². The van der Waals surface area contributed by atoms with Crippen molar-refractivity contribution in [3.8, 4) is 0 Å². The molecule has 0 aliphatic carbocycles. The number of piperidine rings is 1. The van der Waals surface area contributed by atoms with Gasteiger partial charge < -0.3 is 15.2 Å². The fourth-order valence-electron chi connectivity index (χ4n) is 2.43. The summed E-state index contributed by atoms with van der Waals surface area (Å²) in [6.45, 7) is 2.76. The van der Waals surface area contributed by atoms with E-state index >= 15 is 0 Å². The van der Waals surface area contributed by atoms with Gasteiger partial charge in [-0.25, -0.2) is 0 Å². The van der Waals surface area contributed by atoms with E-state index in [0.717, 1.165) is 19.5 Å². The molecule has 1 aromatic heterocycles. The molecule has 1 aliphatic heterocycles. The normalized spacial score (nSPS) is 18.1. The maximum Gasteiger partial charge on any atom is 0.263 e. The summed E-state index contributed by atoms with van der Waals surface area (Å²) in [7, 11) is 1.65. The molecule has 1 saturated heterocycles. The maximum absolute atomic E-state index is 11.9. The summed E-state index contributed by atoms with van der Waals surface area (Å²) in [5.74, 6) is 0.359. The third-order valence-electron chi connectivity index (χ3n) is 3.61. The third-order valence-corrected chi connectivity index (χ3v) is 3.61. The van der Waals surface area contributed by atoms with Gasteiger partial charge in [0.1, 0.15) is 5.56 Å². The highest BCUT2D eigenvalue weighted by molar-refractivity contribution is 5.93. The summed E-state index contributed by atoms with van der Waals surface area (Å²) in [4.78, 5) is 23.7. The smallest absolute Gasteiger partial charge is 0.263 e. The Labute approximate surface area is 125 Å². The molecule has 2 rings (SSSR count). The Bertz CT molecular complexity index is 495. The standard InChI is InChI=1S/C14H21N3O2.ClH/c1-17-9-3-5-12(14(17)19)13(18)16-8-6-11-4-2-7-15-10-11;/h3,5,9,11,15H,2,4,6-8,10H2,1H3,(H,16,18);1H. The quantitative estimate of drug-likeness (QED) is 0.869. The zero-order valence-corrected chi connectivity index (χ0v) is 12.5. The van der Waals surface area contributed by atoms with Crippen molar-refractivity contribution in [3.63, 3.8) is 0 Å².